The number of hydrogen-bond acceptors (Lipinski definition) is 2. The van der Waals surface area contributed by atoms with Gasteiger partial charge in [-0.05, 0) is 32.7 Å². The van der Waals surface area contributed by atoms with E-state index in [0.717, 1.165) is 6.42 Å². The molecule has 1 aliphatic rings. The first-order chi connectivity index (χ1) is 5.99. The summed E-state index contributed by atoms with van der Waals surface area (Å²) >= 11 is 0. The number of hydrogen-bond donors (Lipinski definition) is 1. The third-order valence-electron chi connectivity index (χ3n) is 2.55. The lowest BCUT2D eigenvalue weighted by Gasteiger charge is -2.21. The summed E-state index contributed by atoms with van der Waals surface area (Å²) in [5.41, 5.74) is -0.656. The van der Waals surface area contributed by atoms with Crippen LogP contribution in [0.2, 0.25) is 0 Å². The highest BCUT2D eigenvalue weighted by Gasteiger charge is 2.25. The topological polar surface area (TPSA) is 23.5 Å². The van der Waals surface area contributed by atoms with Crippen LogP contribution < -0.4 is 0 Å². The molecule has 1 unspecified atom stereocenters. The summed E-state index contributed by atoms with van der Waals surface area (Å²) in [4.78, 5) is 1.73. The molecule has 1 aliphatic heterocycles. The molecule has 1 saturated heterocycles. The highest BCUT2D eigenvalue weighted by atomic mass is 19.3. The molecule has 1 atom stereocenters. The van der Waals surface area contributed by atoms with Gasteiger partial charge in [0.1, 0.15) is 0 Å². The molecule has 1 N–H and O–H groups in total. The zero-order chi connectivity index (χ0) is 9.90. The largest absolute Gasteiger partial charge is 0.390 e. The fourth-order valence-corrected chi connectivity index (χ4v) is 1.70. The van der Waals surface area contributed by atoms with E-state index in [4.69, 9.17) is 0 Å². The van der Waals surface area contributed by atoms with Crippen molar-refractivity contribution >= 4 is 0 Å². The second-order valence-electron chi connectivity index (χ2n) is 4.04. The van der Waals surface area contributed by atoms with Crippen LogP contribution in [-0.4, -0.2) is 41.7 Å². The molecule has 2 nitrogen and oxygen atoms in total. The van der Waals surface area contributed by atoms with E-state index in [9.17, 15) is 13.9 Å². The van der Waals surface area contributed by atoms with Crippen molar-refractivity contribution in [3.05, 3.63) is 0 Å². The van der Waals surface area contributed by atoms with E-state index in [-0.39, 0.29) is 6.54 Å². The smallest absolute Gasteiger partial charge is 0.251 e. The zero-order valence-electron chi connectivity index (χ0n) is 7.97. The minimum absolute atomic E-state index is 0.157. The Hall–Kier alpha value is -0.220. The van der Waals surface area contributed by atoms with Crippen LogP contribution >= 0.6 is 0 Å². The molecule has 1 heterocycles. The van der Waals surface area contributed by atoms with E-state index in [0.29, 0.717) is 25.9 Å². The lowest BCUT2D eigenvalue weighted by Crippen LogP contribution is -2.31. The number of aliphatic hydroxyl groups is 1. The average molecular weight is 193 g/mol. The highest BCUT2D eigenvalue weighted by molar-refractivity contribution is 4.79. The monoisotopic (exact) mass is 193 g/mol. The first kappa shape index (κ1) is 10.9. The molecular formula is C9H17F2NO. The summed E-state index contributed by atoms with van der Waals surface area (Å²) in [6.07, 6.45) is -0.144. The van der Waals surface area contributed by atoms with Gasteiger partial charge in [-0.15, -0.1) is 0 Å². The Balaban J connectivity index is 2.36. The van der Waals surface area contributed by atoms with Crippen molar-refractivity contribution in [2.24, 2.45) is 0 Å². The van der Waals surface area contributed by atoms with Crippen LogP contribution in [0.15, 0.2) is 0 Å². The van der Waals surface area contributed by atoms with Crippen molar-refractivity contribution < 1.29 is 13.9 Å². The lowest BCUT2D eigenvalue weighted by molar-refractivity contribution is 0.0402. The van der Waals surface area contributed by atoms with Gasteiger partial charge in [0, 0.05) is 6.54 Å². The van der Waals surface area contributed by atoms with Gasteiger partial charge in [-0.1, -0.05) is 0 Å². The van der Waals surface area contributed by atoms with Crippen molar-refractivity contribution in [1.82, 2.24) is 4.90 Å². The third kappa shape index (κ3) is 4.00. The summed E-state index contributed by atoms with van der Waals surface area (Å²) in [5, 5.41) is 9.69. The maximum Gasteiger partial charge on any atom is 0.251 e. The van der Waals surface area contributed by atoms with Gasteiger partial charge in [0.05, 0.1) is 12.1 Å². The van der Waals surface area contributed by atoms with Crippen LogP contribution in [0.4, 0.5) is 8.78 Å². The fourth-order valence-electron chi connectivity index (χ4n) is 1.70. The average Bonchev–Trinajstić information content (AvgIpc) is 2.12. The summed E-state index contributed by atoms with van der Waals surface area (Å²) < 4.78 is 24.1. The molecule has 78 valence electrons. The summed E-state index contributed by atoms with van der Waals surface area (Å²) in [6.45, 7) is 2.88. The van der Waals surface area contributed by atoms with Crippen LogP contribution in [-0.2, 0) is 0 Å². The zero-order valence-corrected chi connectivity index (χ0v) is 7.97. The standard InChI is InChI=1S/C9H17F2NO/c1-9(13)3-2-5-12(6-4-9)7-8(10)11/h8,13H,2-7H2,1H3. The lowest BCUT2D eigenvalue weighted by atomic mass is 9.98. The predicted molar refractivity (Wildman–Crippen MR) is 46.9 cm³/mol. The molecule has 0 radical (unpaired) electrons. The number of nitrogens with zero attached hydrogens (tertiary/aromatic N) is 1. The first-order valence-corrected chi connectivity index (χ1v) is 4.72. The second-order valence-corrected chi connectivity index (χ2v) is 4.04. The molecule has 0 bridgehead atoms. The van der Waals surface area contributed by atoms with Crippen LogP contribution in [0.5, 0.6) is 0 Å². The third-order valence-corrected chi connectivity index (χ3v) is 2.55. The second kappa shape index (κ2) is 4.33. The molecule has 0 amide bonds. The van der Waals surface area contributed by atoms with Gasteiger partial charge >= 0.3 is 0 Å². The van der Waals surface area contributed by atoms with Gasteiger partial charge in [-0.3, -0.25) is 4.90 Å². The number of rotatable bonds is 2. The summed E-state index contributed by atoms with van der Waals surface area (Å²) in [7, 11) is 0. The predicted octanol–water partition coefficient (Wildman–Crippen LogP) is 1.49. The maximum atomic E-state index is 12.0. The Morgan fingerprint density at radius 2 is 2.08 bits per heavy atom. The molecule has 0 saturated carbocycles. The number of alkyl halides is 2. The summed E-state index contributed by atoms with van der Waals surface area (Å²) in [6, 6.07) is 0. The Bertz CT molecular complexity index is 162. The summed E-state index contributed by atoms with van der Waals surface area (Å²) in [5.74, 6) is 0. The van der Waals surface area contributed by atoms with E-state index >= 15 is 0 Å². The molecule has 0 aromatic carbocycles. The highest BCUT2D eigenvalue weighted by Crippen LogP contribution is 2.21. The van der Waals surface area contributed by atoms with Crippen LogP contribution in [0.25, 0.3) is 0 Å². The van der Waals surface area contributed by atoms with Gasteiger partial charge in [-0.2, -0.15) is 0 Å². The number of likely N-dealkylation sites (tertiary alicyclic amines) is 1. The van der Waals surface area contributed by atoms with Crippen LogP contribution in [0, 0.1) is 0 Å². The molecule has 13 heavy (non-hydrogen) atoms. The molecule has 0 aliphatic carbocycles. The first-order valence-electron chi connectivity index (χ1n) is 4.72. The Kier molecular flexibility index (Phi) is 3.62. The SMILES string of the molecule is CC1(O)CCCN(CC(F)F)CC1. The normalized spacial score (nSPS) is 32.1. The van der Waals surface area contributed by atoms with E-state index in [1.54, 1.807) is 11.8 Å². The van der Waals surface area contributed by atoms with E-state index in [1.807, 2.05) is 0 Å². The molecule has 0 aromatic heterocycles. The molecule has 1 fully saturated rings. The molecule has 1 rings (SSSR count). The fraction of sp³-hybridized carbons (Fsp3) is 1.00. The number of halogens is 2. The maximum absolute atomic E-state index is 12.0. The molecule has 0 spiro atoms. The Labute approximate surface area is 77.5 Å². The van der Waals surface area contributed by atoms with Crippen molar-refractivity contribution in [1.29, 1.82) is 0 Å². The van der Waals surface area contributed by atoms with Gasteiger partial charge in [-0.25, -0.2) is 8.78 Å². The van der Waals surface area contributed by atoms with Crippen LogP contribution in [0.3, 0.4) is 0 Å². The van der Waals surface area contributed by atoms with Crippen molar-refractivity contribution in [3.63, 3.8) is 0 Å². The van der Waals surface area contributed by atoms with Crippen molar-refractivity contribution in [2.75, 3.05) is 19.6 Å². The van der Waals surface area contributed by atoms with E-state index in [2.05, 4.69) is 0 Å². The van der Waals surface area contributed by atoms with Crippen molar-refractivity contribution in [2.45, 2.75) is 38.2 Å². The molecule has 4 heteroatoms. The van der Waals surface area contributed by atoms with Gasteiger partial charge in [0.25, 0.3) is 6.43 Å². The van der Waals surface area contributed by atoms with Crippen LogP contribution in [0.1, 0.15) is 26.2 Å². The van der Waals surface area contributed by atoms with E-state index in [1.165, 1.54) is 0 Å². The van der Waals surface area contributed by atoms with Gasteiger partial charge in [0.15, 0.2) is 0 Å². The van der Waals surface area contributed by atoms with E-state index < -0.39 is 12.0 Å². The molecule has 0 aromatic rings. The Morgan fingerprint density at radius 3 is 2.69 bits per heavy atom. The van der Waals surface area contributed by atoms with Gasteiger partial charge < -0.3 is 5.11 Å². The van der Waals surface area contributed by atoms with Gasteiger partial charge in [0.2, 0.25) is 0 Å². The molecular weight excluding hydrogens is 176 g/mol. The Morgan fingerprint density at radius 1 is 1.38 bits per heavy atom. The quantitative estimate of drug-likeness (QED) is 0.718. The van der Waals surface area contributed by atoms with Crippen molar-refractivity contribution in [3.8, 4) is 0 Å². The minimum Gasteiger partial charge on any atom is -0.390 e. The minimum atomic E-state index is -2.26.